The third-order valence-corrected chi connectivity index (χ3v) is 3.85. The molecule has 0 radical (unpaired) electrons. The molecule has 3 heteroatoms. The van der Waals surface area contributed by atoms with Crippen molar-refractivity contribution in [3.8, 4) is 0 Å². The van der Waals surface area contributed by atoms with Crippen LogP contribution in [0.1, 0.15) is 31.7 Å². The standard InChI is InChI=1S/C14H21ClN2/c1-3-12-5-4-8-17(12)14-7-6-11(10-16-2)9-13(14)15/h6-7,9,12,16H,3-5,8,10H2,1-2H3. The SMILES string of the molecule is CCC1CCCN1c1ccc(CNC)cc1Cl. The Morgan fingerprint density at radius 1 is 1.47 bits per heavy atom. The molecule has 0 spiro atoms. The normalized spacial score (nSPS) is 19.9. The Hall–Kier alpha value is -0.730. The van der Waals surface area contributed by atoms with Crippen LogP contribution in [0, 0.1) is 0 Å². The number of benzene rings is 1. The average molecular weight is 253 g/mol. The fraction of sp³-hybridized carbons (Fsp3) is 0.571. The van der Waals surface area contributed by atoms with Gasteiger partial charge in [0, 0.05) is 19.1 Å². The Labute approximate surface area is 109 Å². The summed E-state index contributed by atoms with van der Waals surface area (Å²) in [6.07, 6.45) is 3.78. The van der Waals surface area contributed by atoms with Crippen molar-refractivity contribution < 1.29 is 0 Å². The van der Waals surface area contributed by atoms with E-state index in [0.717, 1.165) is 18.1 Å². The Morgan fingerprint density at radius 2 is 2.29 bits per heavy atom. The molecule has 1 aromatic rings. The first kappa shape index (κ1) is 12.7. The van der Waals surface area contributed by atoms with Crippen LogP contribution < -0.4 is 10.2 Å². The number of rotatable bonds is 4. The lowest BCUT2D eigenvalue weighted by atomic mass is 10.1. The molecule has 1 aliphatic rings. The Kier molecular flexibility index (Phi) is 4.30. The number of nitrogens with zero attached hydrogens (tertiary/aromatic N) is 1. The van der Waals surface area contributed by atoms with E-state index >= 15 is 0 Å². The molecule has 1 saturated heterocycles. The van der Waals surface area contributed by atoms with Crippen LogP contribution in [0.5, 0.6) is 0 Å². The van der Waals surface area contributed by atoms with Gasteiger partial charge in [-0.05, 0) is 44.0 Å². The molecule has 2 nitrogen and oxygen atoms in total. The average Bonchev–Trinajstić information content (AvgIpc) is 2.77. The molecule has 0 amide bonds. The quantitative estimate of drug-likeness (QED) is 0.883. The topological polar surface area (TPSA) is 15.3 Å². The fourth-order valence-corrected chi connectivity index (χ4v) is 2.99. The van der Waals surface area contributed by atoms with E-state index in [1.54, 1.807) is 0 Å². The number of anilines is 1. The van der Waals surface area contributed by atoms with Gasteiger partial charge < -0.3 is 10.2 Å². The molecular formula is C14H21ClN2. The van der Waals surface area contributed by atoms with Crippen LogP contribution in [0.4, 0.5) is 5.69 Å². The van der Waals surface area contributed by atoms with E-state index < -0.39 is 0 Å². The summed E-state index contributed by atoms with van der Waals surface area (Å²) >= 11 is 6.40. The van der Waals surface area contributed by atoms with E-state index in [2.05, 4.69) is 35.3 Å². The van der Waals surface area contributed by atoms with Crippen LogP contribution in [0.3, 0.4) is 0 Å². The molecule has 1 atom stereocenters. The van der Waals surface area contributed by atoms with Crippen LogP contribution >= 0.6 is 11.6 Å². The van der Waals surface area contributed by atoms with Crippen molar-refractivity contribution in [1.82, 2.24) is 5.32 Å². The highest BCUT2D eigenvalue weighted by atomic mass is 35.5. The molecule has 1 N–H and O–H groups in total. The van der Waals surface area contributed by atoms with Crippen molar-refractivity contribution in [2.24, 2.45) is 0 Å². The van der Waals surface area contributed by atoms with E-state index in [4.69, 9.17) is 11.6 Å². The third kappa shape index (κ3) is 2.75. The minimum atomic E-state index is 0.669. The van der Waals surface area contributed by atoms with Crippen molar-refractivity contribution in [2.75, 3.05) is 18.5 Å². The second-order valence-corrected chi connectivity index (χ2v) is 5.12. The van der Waals surface area contributed by atoms with Gasteiger partial charge in [0.05, 0.1) is 10.7 Å². The minimum absolute atomic E-state index is 0.669. The summed E-state index contributed by atoms with van der Waals surface area (Å²) in [5.41, 5.74) is 2.45. The Balaban J connectivity index is 2.20. The van der Waals surface area contributed by atoms with E-state index in [9.17, 15) is 0 Å². The summed E-state index contributed by atoms with van der Waals surface area (Å²) in [7, 11) is 1.95. The van der Waals surface area contributed by atoms with Gasteiger partial charge in [-0.15, -0.1) is 0 Å². The van der Waals surface area contributed by atoms with Gasteiger partial charge in [0.2, 0.25) is 0 Å². The maximum absolute atomic E-state index is 6.40. The second kappa shape index (κ2) is 5.74. The summed E-state index contributed by atoms with van der Waals surface area (Å²) in [5, 5.41) is 4.04. The van der Waals surface area contributed by atoms with Crippen LogP contribution in [0.25, 0.3) is 0 Å². The zero-order valence-electron chi connectivity index (χ0n) is 10.7. The van der Waals surface area contributed by atoms with Gasteiger partial charge >= 0.3 is 0 Å². The molecular weight excluding hydrogens is 232 g/mol. The highest BCUT2D eigenvalue weighted by Gasteiger charge is 2.24. The highest BCUT2D eigenvalue weighted by Crippen LogP contribution is 2.33. The number of hydrogen-bond acceptors (Lipinski definition) is 2. The number of halogens is 1. The van der Waals surface area contributed by atoms with Gasteiger partial charge in [0.1, 0.15) is 0 Å². The molecule has 1 aliphatic heterocycles. The Morgan fingerprint density at radius 3 is 2.94 bits per heavy atom. The molecule has 0 bridgehead atoms. The third-order valence-electron chi connectivity index (χ3n) is 3.55. The molecule has 1 unspecified atom stereocenters. The van der Waals surface area contributed by atoms with E-state index in [-0.39, 0.29) is 0 Å². The van der Waals surface area contributed by atoms with Crippen molar-refractivity contribution in [1.29, 1.82) is 0 Å². The zero-order chi connectivity index (χ0) is 12.3. The molecule has 1 heterocycles. The fourth-order valence-electron chi connectivity index (χ4n) is 2.67. The molecule has 1 aromatic carbocycles. The molecule has 2 rings (SSSR count). The van der Waals surface area contributed by atoms with Crippen LogP contribution in [0.15, 0.2) is 18.2 Å². The van der Waals surface area contributed by atoms with Crippen molar-refractivity contribution in [2.45, 2.75) is 38.8 Å². The highest BCUT2D eigenvalue weighted by molar-refractivity contribution is 6.33. The van der Waals surface area contributed by atoms with Crippen molar-refractivity contribution >= 4 is 17.3 Å². The summed E-state index contributed by atoms with van der Waals surface area (Å²) in [6.45, 7) is 4.27. The maximum atomic E-state index is 6.40. The predicted octanol–water partition coefficient (Wildman–Crippen LogP) is 3.44. The van der Waals surface area contributed by atoms with E-state index in [0.29, 0.717) is 6.04 Å². The summed E-state index contributed by atoms with van der Waals surface area (Å²) in [4.78, 5) is 2.46. The molecule has 0 aliphatic carbocycles. The lowest BCUT2D eigenvalue weighted by Crippen LogP contribution is -2.28. The molecule has 94 valence electrons. The van der Waals surface area contributed by atoms with Gasteiger partial charge in [-0.25, -0.2) is 0 Å². The molecule has 1 fully saturated rings. The van der Waals surface area contributed by atoms with E-state index in [1.165, 1.54) is 30.5 Å². The maximum Gasteiger partial charge on any atom is 0.0642 e. The summed E-state index contributed by atoms with van der Waals surface area (Å²) in [6, 6.07) is 7.09. The van der Waals surface area contributed by atoms with Crippen LogP contribution in [0.2, 0.25) is 5.02 Å². The van der Waals surface area contributed by atoms with Crippen LogP contribution in [-0.4, -0.2) is 19.6 Å². The van der Waals surface area contributed by atoms with Crippen molar-refractivity contribution in [3.05, 3.63) is 28.8 Å². The lowest BCUT2D eigenvalue weighted by molar-refractivity contribution is 0.645. The van der Waals surface area contributed by atoms with E-state index in [1.807, 2.05) is 7.05 Å². The van der Waals surface area contributed by atoms with Gasteiger partial charge in [-0.2, -0.15) is 0 Å². The zero-order valence-corrected chi connectivity index (χ0v) is 11.4. The molecule has 0 aromatic heterocycles. The van der Waals surface area contributed by atoms with Crippen molar-refractivity contribution in [3.63, 3.8) is 0 Å². The van der Waals surface area contributed by atoms with Gasteiger partial charge in [0.15, 0.2) is 0 Å². The Bertz CT molecular complexity index is 378. The first-order valence-electron chi connectivity index (χ1n) is 6.46. The predicted molar refractivity (Wildman–Crippen MR) is 74.9 cm³/mol. The van der Waals surface area contributed by atoms with Gasteiger partial charge in [-0.1, -0.05) is 24.6 Å². The van der Waals surface area contributed by atoms with Gasteiger partial charge in [-0.3, -0.25) is 0 Å². The second-order valence-electron chi connectivity index (χ2n) is 4.71. The first-order valence-corrected chi connectivity index (χ1v) is 6.83. The molecule has 0 saturated carbocycles. The number of nitrogens with one attached hydrogen (secondary N) is 1. The minimum Gasteiger partial charge on any atom is -0.367 e. The van der Waals surface area contributed by atoms with Gasteiger partial charge in [0.25, 0.3) is 0 Å². The monoisotopic (exact) mass is 252 g/mol. The lowest BCUT2D eigenvalue weighted by Gasteiger charge is -2.27. The smallest absolute Gasteiger partial charge is 0.0642 e. The largest absolute Gasteiger partial charge is 0.367 e. The first-order chi connectivity index (χ1) is 8.26. The summed E-state index contributed by atoms with van der Waals surface area (Å²) < 4.78 is 0. The summed E-state index contributed by atoms with van der Waals surface area (Å²) in [5.74, 6) is 0. The molecule has 17 heavy (non-hydrogen) atoms. The van der Waals surface area contributed by atoms with Crippen LogP contribution in [-0.2, 0) is 6.54 Å². The number of hydrogen-bond donors (Lipinski definition) is 1.